The van der Waals surface area contributed by atoms with Crippen LogP contribution in [0.25, 0.3) is 0 Å². The first-order chi connectivity index (χ1) is 11.7. The normalized spacial score (nSPS) is 20.7. The Morgan fingerprint density at radius 1 is 1.21 bits per heavy atom. The second-order valence-electron chi connectivity index (χ2n) is 6.23. The van der Waals surface area contributed by atoms with Gasteiger partial charge < -0.3 is 4.74 Å². The number of ether oxygens (including phenoxy) is 1. The summed E-state index contributed by atoms with van der Waals surface area (Å²) >= 11 is 0. The van der Waals surface area contributed by atoms with Gasteiger partial charge in [-0.05, 0) is 30.7 Å². The molecule has 0 fully saturated rings. The lowest BCUT2D eigenvalue weighted by atomic mass is 9.95. The molecule has 0 saturated heterocycles. The van der Waals surface area contributed by atoms with E-state index in [-0.39, 0.29) is 5.91 Å². The van der Waals surface area contributed by atoms with Crippen LogP contribution in [0.5, 0.6) is 0 Å². The van der Waals surface area contributed by atoms with Gasteiger partial charge in [0.25, 0.3) is 0 Å². The molecule has 3 rings (SSSR count). The van der Waals surface area contributed by atoms with Crippen LogP contribution in [-0.4, -0.2) is 29.2 Å². The molecule has 1 unspecified atom stereocenters. The SMILES string of the molecule is O=C(OCC1CC=CCC1)C1=NN(Cc2ccccc2)C(=O)CC1. The first-order valence-corrected chi connectivity index (χ1v) is 8.46. The van der Waals surface area contributed by atoms with Crippen molar-refractivity contribution in [1.82, 2.24) is 5.01 Å². The van der Waals surface area contributed by atoms with E-state index in [0.717, 1.165) is 24.8 Å². The molecule has 5 nitrogen and oxygen atoms in total. The number of allylic oxidation sites excluding steroid dienone is 2. The fourth-order valence-electron chi connectivity index (χ4n) is 2.91. The number of hydrogen-bond donors (Lipinski definition) is 0. The van der Waals surface area contributed by atoms with E-state index < -0.39 is 5.97 Å². The molecule has 1 aliphatic carbocycles. The smallest absolute Gasteiger partial charge is 0.354 e. The van der Waals surface area contributed by atoms with Gasteiger partial charge in [-0.15, -0.1) is 0 Å². The Morgan fingerprint density at radius 2 is 2.04 bits per heavy atom. The lowest BCUT2D eigenvalue weighted by Gasteiger charge is -2.23. The third-order valence-corrected chi connectivity index (χ3v) is 4.34. The number of esters is 1. The Hall–Kier alpha value is -2.43. The minimum absolute atomic E-state index is 0.0622. The number of nitrogens with zero attached hydrogens (tertiary/aromatic N) is 2. The Morgan fingerprint density at radius 3 is 2.79 bits per heavy atom. The molecule has 0 bridgehead atoms. The lowest BCUT2D eigenvalue weighted by Crippen LogP contribution is -2.35. The summed E-state index contributed by atoms with van der Waals surface area (Å²) in [4.78, 5) is 24.3. The van der Waals surface area contributed by atoms with Crippen molar-refractivity contribution in [3.05, 3.63) is 48.0 Å². The van der Waals surface area contributed by atoms with Crippen LogP contribution in [0.4, 0.5) is 0 Å². The maximum atomic E-state index is 12.2. The highest BCUT2D eigenvalue weighted by Crippen LogP contribution is 2.19. The summed E-state index contributed by atoms with van der Waals surface area (Å²) in [5, 5.41) is 5.61. The Balaban J connectivity index is 1.59. The highest BCUT2D eigenvalue weighted by atomic mass is 16.5. The van der Waals surface area contributed by atoms with E-state index in [1.807, 2.05) is 30.3 Å². The largest absolute Gasteiger partial charge is 0.461 e. The lowest BCUT2D eigenvalue weighted by molar-refractivity contribution is -0.138. The molecule has 0 spiro atoms. The molecule has 1 amide bonds. The summed E-state index contributed by atoms with van der Waals surface area (Å²) in [6.45, 7) is 0.804. The molecule has 1 aliphatic heterocycles. The van der Waals surface area contributed by atoms with Crippen molar-refractivity contribution in [2.24, 2.45) is 11.0 Å². The van der Waals surface area contributed by atoms with Crippen LogP contribution in [-0.2, 0) is 20.9 Å². The monoisotopic (exact) mass is 326 g/mol. The summed E-state index contributed by atoms with van der Waals surface area (Å²) in [7, 11) is 0. The standard InChI is InChI=1S/C19H22N2O3/c22-18-12-11-17(19(23)24-14-16-9-5-2-6-10-16)20-21(18)13-15-7-3-1-4-8-15/h1-5,7-8,16H,6,9-14H2. The van der Waals surface area contributed by atoms with Crippen molar-refractivity contribution in [1.29, 1.82) is 0 Å². The zero-order chi connectivity index (χ0) is 16.8. The van der Waals surface area contributed by atoms with Crippen LogP contribution < -0.4 is 0 Å². The van der Waals surface area contributed by atoms with E-state index in [4.69, 9.17) is 4.74 Å². The van der Waals surface area contributed by atoms with E-state index in [1.165, 1.54) is 5.01 Å². The van der Waals surface area contributed by atoms with Gasteiger partial charge in [-0.25, -0.2) is 9.80 Å². The van der Waals surface area contributed by atoms with Crippen LogP contribution in [0.15, 0.2) is 47.6 Å². The molecule has 1 aromatic rings. The average Bonchev–Trinajstić information content (AvgIpc) is 2.63. The summed E-state index contributed by atoms with van der Waals surface area (Å²) < 4.78 is 5.41. The van der Waals surface area contributed by atoms with Crippen molar-refractivity contribution in [2.45, 2.75) is 38.6 Å². The van der Waals surface area contributed by atoms with Gasteiger partial charge in [0.15, 0.2) is 0 Å². The third kappa shape index (κ3) is 4.31. The first-order valence-electron chi connectivity index (χ1n) is 8.46. The predicted octanol–water partition coefficient (Wildman–Crippen LogP) is 3.06. The third-order valence-electron chi connectivity index (χ3n) is 4.34. The zero-order valence-electron chi connectivity index (χ0n) is 13.7. The van der Waals surface area contributed by atoms with Crippen LogP contribution in [0.2, 0.25) is 0 Å². The second kappa shape index (κ2) is 7.90. The zero-order valence-corrected chi connectivity index (χ0v) is 13.7. The average molecular weight is 326 g/mol. The molecule has 1 aromatic carbocycles. The van der Waals surface area contributed by atoms with Crippen LogP contribution >= 0.6 is 0 Å². The number of rotatable bonds is 5. The number of hydrogen-bond acceptors (Lipinski definition) is 4. The van der Waals surface area contributed by atoms with Gasteiger partial charge in [-0.3, -0.25) is 4.79 Å². The molecule has 0 radical (unpaired) electrons. The van der Waals surface area contributed by atoms with Crippen LogP contribution in [0, 0.1) is 5.92 Å². The highest BCUT2D eigenvalue weighted by molar-refractivity contribution is 6.37. The number of amides is 1. The molecule has 2 aliphatic rings. The van der Waals surface area contributed by atoms with E-state index >= 15 is 0 Å². The quantitative estimate of drug-likeness (QED) is 0.617. The highest BCUT2D eigenvalue weighted by Gasteiger charge is 2.26. The molecule has 0 N–H and O–H groups in total. The number of benzene rings is 1. The summed E-state index contributed by atoms with van der Waals surface area (Å²) in [6, 6.07) is 9.63. The Kier molecular flexibility index (Phi) is 5.41. The van der Waals surface area contributed by atoms with E-state index in [9.17, 15) is 9.59 Å². The fraction of sp³-hybridized carbons (Fsp3) is 0.421. The molecule has 1 atom stereocenters. The Labute approximate surface area is 142 Å². The summed E-state index contributed by atoms with van der Waals surface area (Å²) in [5.41, 5.74) is 1.33. The Bertz CT molecular complexity index is 652. The number of hydrazone groups is 1. The van der Waals surface area contributed by atoms with E-state index in [0.29, 0.717) is 37.6 Å². The molecule has 0 aromatic heterocycles. The van der Waals surface area contributed by atoms with Crippen molar-refractivity contribution in [2.75, 3.05) is 6.61 Å². The van der Waals surface area contributed by atoms with Crippen molar-refractivity contribution >= 4 is 17.6 Å². The minimum Gasteiger partial charge on any atom is -0.461 e. The van der Waals surface area contributed by atoms with Crippen molar-refractivity contribution in [3.63, 3.8) is 0 Å². The maximum Gasteiger partial charge on any atom is 0.354 e. The van der Waals surface area contributed by atoms with E-state index in [1.54, 1.807) is 0 Å². The van der Waals surface area contributed by atoms with Gasteiger partial charge in [0.2, 0.25) is 5.91 Å². The number of carbonyl (C=O) groups excluding carboxylic acids is 2. The molecular weight excluding hydrogens is 304 g/mol. The van der Waals surface area contributed by atoms with Crippen molar-refractivity contribution < 1.29 is 14.3 Å². The van der Waals surface area contributed by atoms with Crippen LogP contribution in [0.1, 0.15) is 37.7 Å². The molecule has 0 saturated carbocycles. The second-order valence-corrected chi connectivity index (χ2v) is 6.23. The molecule has 5 heteroatoms. The van der Waals surface area contributed by atoms with Crippen LogP contribution in [0.3, 0.4) is 0 Å². The molecular formula is C19H22N2O3. The maximum absolute atomic E-state index is 12.2. The fourth-order valence-corrected chi connectivity index (χ4v) is 2.91. The molecule has 126 valence electrons. The van der Waals surface area contributed by atoms with Crippen molar-refractivity contribution in [3.8, 4) is 0 Å². The topological polar surface area (TPSA) is 59.0 Å². The van der Waals surface area contributed by atoms with Gasteiger partial charge in [-0.2, -0.15) is 5.10 Å². The molecule has 1 heterocycles. The minimum atomic E-state index is -0.393. The first kappa shape index (κ1) is 16.4. The van der Waals surface area contributed by atoms with Gasteiger partial charge in [0.05, 0.1) is 13.2 Å². The van der Waals surface area contributed by atoms with E-state index in [2.05, 4.69) is 17.3 Å². The molecule has 24 heavy (non-hydrogen) atoms. The van der Waals surface area contributed by atoms with Gasteiger partial charge in [0, 0.05) is 12.8 Å². The van der Waals surface area contributed by atoms with Gasteiger partial charge in [-0.1, -0.05) is 42.5 Å². The van der Waals surface area contributed by atoms with Gasteiger partial charge >= 0.3 is 5.97 Å². The summed E-state index contributed by atoms with van der Waals surface area (Å²) in [6.07, 6.45) is 8.01. The number of carbonyl (C=O) groups is 2. The predicted molar refractivity (Wildman–Crippen MR) is 91.1 cm³/mol. The summed E-state index contributed by atoms with van der Waals surface area (Å²) in [5.74, 6) is -0.0619. The van der Waals surface area contributed by atoms with Gasteiger partial charge in [0.1, 0.15) is 5.71 Å².